The van der Waals surface area contributed by atoms with Gasteiger partial charge in [-0.1, -0.05) is 49.2 Å². The minimum atomic E-state index is -0.739. The van der Waals surface area contributed by atoms with Gasteiger partial charge in [-0.3, -0.25) is 14.4 Å². The minimum absolute atomic E-state index is 0.0678. The summed E-state index contributed by atoms with van der Waals surface area (Å²) >= 11 is 0. The zero-order valence-electron chi connectivity index (χ0n) is 28.3. The molecule has 0 spiro atoms. The van der Waals surface area contributed by atoms with Gasteiger partial charge in [0.15, 0.2) is 6.29 Å². The summed E-state index contributed by atoms with van der Waals surface area (Å²) in [6.45, 7) is 1.21. The number of unbranched alkanes of at least 4 members (excludes halogenated alkanes) is 3. The molecule has 1 aliphatic heterocycles. The lowest BCUT2D eigenvalue weighted by atomic mass is 10.0. The highest BCUT2D eigenvalue weighted by atomic mass is 16.8. The molecule has 264 valence electrons. The van der Waals surface area contributed by atoms with Crippen LogP contribution in [0.25, 0.3) is 10.9 Å². The first-order valence-electron chi connectivity index (χ1n) is 17.9. The minimum Gasteiger partial charge on any atom is -0.461 e. The van der Waals surface area contributed by atoms with E-state index in [-0.39, 0.29) is 42.5 Å². The molecule has 2 fully saturated rings. The summed E-state index contributed by atoms with van der Waals surface area (Å²) in [6.07, 6.45) is 11.2. The van der Waals surface area contributed by atoms with E-state index in [1.807, 2.05) is 54.6 Å². The molecule has 1 unspecified atom stereocenters. The Morgan fingerprint density at radius 3 is 2.43 bits per heavy atom. The van der Waals surface area contributed by atoms with Crippen molar-refractivity contribution in [1.29, 1.82) is 0 Å². The molecule has 3 amide bonds. The summed E-state index contributed by atoms with van der Waals surface area (Å²) in [4.78, 5) is 59.3. The molecule has 0 bridgehead atoms. The quantitative estimate of drug-likeness (QED) is 0.0784. The van der Waals surface area contributed by atoms with Gasteiger partial charge in [0.25, 0.3) is 5.91 Å². The van der Waals surface area contributed by atoms with Gasteiger partial charge in [-0.2, -0.15) is 0 Å². The summed E-state index contributed by atoms with van der Waals surface area (Å²) < 4.78 is 11.2. The number of esters is 1. The number of aromatic amines is 1. The van der Waals surface area contributed by atoms with Crippen molar-refractivity contribution in [3.63, 3.8) is 0 Å². The van der Waals surface area contributed by atoms with Gasteiger partial charge in [0.05, 0.1) is 0 Å². The highest BCUT2D eigenvalue weighted by Gasteiger charge is 2.27. The Labute approximate surface area is 288 Å². The Morgan fingerprint density at radius 1 is 0.837 bits per heavy atom. The average Bonchev–Trinajstić information content (AvgIpc) is 3.80. The van der Waals surface area contributed by atoms with E-state index in [1.54, 1.807) is 0 Å². The fraction of sp³-hybridized carbons (Fsp3) is 0.526. The summed E-state index contributed by atoms with van der Waals surface area (Å²) in [5.74, 6) is -0.899. The number of benzene rings is 2. The number of aromatic nitrogens is 1. The molecule has 3 aromatic rings. The number of nitrogens with one attached hydrogen (secondary N) is 4. The number of hydrogen-bond donors (Lipinski definition) is 4. The largest absolute Gasteiger partial charge is 0.461 e. The summed E-state index contributed by atoms with van der Waals surface area (Å²) in [5, 5.41) is 6.78. The van der Waals surface area contributed by atoms with Gasteiger partial charge in [0.1, 0.15) is 17.8 Å². The second kappa shape index (κ2) is 19.1. The fourth-order valence-electron chi connectivity index (χ4n) is 6.33. The number of ether oxygens (including phenoxy) is 2. The molecule has 1 aliphatic carbocycles. The maximum Gasteiger partial charge on any atom is 0.329 e. The van der Waals surface area contributed by atoms with Gasteiger partial charge in [-0.15, -0.1) is 0 Å². The average molecular weight is 675 g/mol. The molecule has 2 atom stereocenters. The molecule has 5 rings (SSSR count). The van der Waals surface area contributed by atoms with Gasteiger partial charge >= 0.3 is 5.97 Å². The predicted molar refractivity (Wildman–Crippen MR) is 185 cm³/mol. The zero-order chi connectivity index (χ0) is 34.3. The number of aryl methyl sites for hydroxylation is 1. The van der Waals surface area contributed by atoms with Crippen molar-refractivity contribution in [2.75, 3.05) is 13.2 Å². The van der Waals surface area contributed by atoms with E-state index in [1.165, 1.54) is 0 Å². The normalized spacial score (nSPS) is 17.0. The third-order valence-corrected chi connectivity index (χ3v) is 9.12. The second-order valence-corrected chi connectivity index (χ2v) is 13.1. The molecule has 2 heterocycles. The van der Waals surface area contributed by atoms with Gasteiger partial charge < -0.3 is 25.1 Å². The molecule has 49 heavy (non-hydrogen) atoms. The van der Waals surface area contributed by atoms with E-state index in [0.29, 0.717) is 38.1 Å². The van der Waals surface area contributed by atoms with Crippen LogP contribution in [0.15, 0.2) is 54.6 Å². The number of amides is 3. The molecule has 1 saturated carbocycles. The second-order valence-electron chi connectivity index (χ2n) is 13.1. The first kappa shape index (κ1) is 36.1. The lowest BCUT2D eigenvalue weighted by molar-refractivity contribution is -0.200. The Morgan fingerprint density at radius 2 is 1.63 bits per heavy atom. The van der Waals surface area contributed by atoms with Gasteiger partial charge in [0.2, 0.25) is 11.8 Å². The third-order valence-electron chi connectivity index (χ3n) is 9.12. The van der Waals surface area contributed by atoms with Crippen LogP contribution in [0.1, 0.15) is 105 Å². The van der Waals surface area contributed by atoms with Crippen LogP contribution in [0.3, 0.4) is 0 Å². The zero-order valence-corrected chi connectivity index (χ0v) is 28.3. The number of H-pyrrole nitrogens is 1. The van der Waals surface area contributed by atoms with Crippen molar-refractivity contribution >= 4 is 34.6 Å². The van der Waals surface area contributed by atoms with Crippen LogP contribution in [-0.2, 0) is 41.5 Å². The molecule has 2 aliphatic rings. The van der Waals surface area contributed by atoms with Crippen LogP contribution < -0.4 is 16.1 Å². The Balaban J connectivity index is 1.01. The molecule has 11 heteroatoms. The number of fused-ring (bicyclic) bond motifs is 1. The first-order valence-corrected chi connectivity index (χ1v) is 17.9. The maximum atomic E-state index is 13.0. The number of hydrogen-bond acceptors (Lipinski definition) is 7. The van der Waals surface area contributed by atoms with Crippen molar-refractivity contribution in [3.05, 3.63) is 71.4 Å². The van der Waals surface area contributed by atoms with Crippen molar-refractivity contribution in [3.8, 4) is 0 Å². The van der Waals surface area contributed by atoms with Crippen LogP contribution >= 0.6 is 0 Å². The molecule has 2 aromatic carbocycles. The van der Waals surface area contributed by atoms with Crippen LogP contribution in [0.5, 0.6) is 0 Å². The maximum absolute atomic E-state index is 13.0. The van der Waals surface area contributed by atoms with E-state index in [2.05, 4.69) is 21.1 Å². The van der Waals surface area contributed by atoms with Crippen LogP contribution in [0, 0.1) is 0 Å². The van der Waals surface area contributed by atoms with Crippen molar-refractivity contribution in [2.24, 2.45) is 0 Å². The Kier molecular flexibility index (Phi) is 14.1. The van der Waals surface area contributed by atoms with E-state index in [0.717, 1.165) is 92.7 Å². The highest BCUT2D eigenvalue weighted by Crippen LogP contribution is 2.22. The smallest absolute Gasteiger partial charge is 0.329 e. The third kappa shape index (κ3) is 12.0. The van der Waals surface area contributed by atoms with Crippen LogP contribution in [-0.4, -0.2) is 60.3 Å². The topological polar surface area (TPSA) is 148 Å². The summed E-state index contributed by atoms with van der Waals surface area (Å²) in [6, 6.07) is 16.6. The number of hydroxylamine groups is 1. The Bertz CT molecular complexity index is 1510. The summed E-state index contributed by atoms with van der Waals surface area (Å²) in [5.41, 5.74) is 5.73. The van der Waals surface area contributed by atoms with Crippen molar-refractivity contribution in [1.82, 2.24) is 21.1 Å². The van der Waals surface area contributed by atoms with E-state index in [4.69, 9.17) is 14.3 Å². The molecule has 4 N–H and O–H groups in total. The van der Waals surface area contributed by atoms with E-state index >= 15 is 0 Å². The molecule has 1 saturated heterocycles. The van der Waals surface area contributed by atoms with Crippen LogP contribution in [0.2, 0.25) is 0 Å². The van der Waals surface area contributed by atoms with Gasteiger partial charge in [0, 0.05) is 49.7 Å². The van der Waals surface area contributed by atoms with E-state index < -0.39 is 6.04 Å². The van der Waals surface area contributed by atoms with Gasteiger partial charge in [-0.25, -0.2) is 15.1 Å². The summed E-state index contributed by atoms with van der Waals surface area (Å²) in [7, 11) is 0. The molecular formula is C38H50N4O7. The Hall–Kier alpha value is -4.22. The number of rotatable bonds is 18. The SMILES string of the molecule is O=C(CCCCCCNC(=O)c1cc2cc(CCC(=O)NC(Cc3ccccc3)C(=O)OC3CCCC3)ccc2[nH]1)NO[C@H]1CCCCO1. The van der Waals surface area contributed by atoms with E-state index in [9.17, 15) is 19.2 Å². The highest BCUT2D eigenvalue weighted by molar-refractivity contribution is 5.98. The lowest BCUT2D eigenvalue weighted by Gasteiger charge is -2.22. The monoisotopic (exact) mass is 674 g/mol. The van der Waals surface area contributed by atoms with Gasteiger partial charge in [-0.05, 0) is 87.1 Å². The first-order chi connectivity index (χ1) is 23.9. The number of carbonyl (C=O) groups is 4. The molecule has 11 nitrogen and oxygen atoms in total. The lowest BCUT2D eigenvalue weighted by Crippen LogP contribution is -2.44. The molecule has 1 aromatic heterocycles. The molecule has 0 radical (unpaired) electrons. The van der Waals surface area contributed by atoms with Crippen molar-refractivity contribution in [2.45, 2.75) is 115 Å². The number of carbonyl (C=O) groups excluding carboxylic acids is 4. The van der Waals surface area contributed by atoms with Crippen molar-refractivity contribution < 1.29 is 33.5 Å². The predicted octanol–water partition coefficient (Wildman–Crippen LogP) is 5.57. The van der Waals surface area contributed by atoms with Crippen LogP contribution in [0.4, 0.5) is 0 Å². The fourth-order valence-corrected chi connectivity index (χ4v) is 6.33. The standard InChI is InChI=1S/C38H50N4O7/c43-34(41-33(25-27-12-4-3-5-13-27)38(46)48-30-14-7-8-15-30)21-19-28-18-20-31-29(24-28)26-32(40-31)37(45)39-22-10-2-1-6-16-35(44)42-49-36-17-9-11-23-47-36/h3-5,12-13,18,20,24,26,30,33,36,40H,1-2,6-11,14-17,19,21-23,25H2,(H,39,45)(H,41,43)(H,42,44)/t33?,36-/m0/s1. The molecular weight excluding hydrogens is 624 g/mol.